The van der Waals surface area contributed by atoms with Crippen LogP contribution in [0.2, 0.25) is 0 Å². The predicted octanol–water partition coefficient (Wildman–Crippen LogP) is 2.46. The minimum atomic E-state index is -0.386. The number of primary amides is 1. The molecule has 0 aliphatic rings. The summed E-state index contributed by atoms with van der Waals surface area (Å²) in [5, 5.41) is 0. The summed E-state index contributed by atoms with van der Waals surface area (Å²) in [5.74, 6) is -0.386. The van der Waals surface area contributed by atoms with Gasteiger partial charge in [0.05, 0.1) is 0 Å². The number of amides is 1. The van der Waals surface area contributed by atoms with Gasteiger partial charge in [-0.2, -0.15) is 0 Å². The summed E-state index contributed by atoms with van der Waals surface area (Å²) in [4.78, 5) is 10.8. The number of carbonyl (C=O) groups is 1. The van der Waals surface area contributed by atoms with Gasteiger partial charge in [0.1, 0.15) is 0 Å². The molecule has 0 aromatic heterocycles. The number of carbonyl (C=O) groups excluding carboxylic acids is 1. The standard InChI is InChI=1S/C8H7BrINO/c1-4-2-5(8(11)12)3-6(10)7(4)9/h2-3H,1H3,(H2,11,12). The van der Waals surface area contributed by atoms with Gasteiger partial charge in [-0.1, -0.05) is 0 Å². The van der Waals surface area contributed by atoms with Gasteiger partial charge in [-0.3, -0.25) is 4.79 Å². The first-order chi connectivity index (χ1) is 5.52. The summed E-state index contributed by atoms with van der Waals surface area (Å²) in [6, 6.07) is 3.54. The second kappa shape index (κ2) is 3.74. The van der Waals surface area contributed by atoms with Gasteiger partial charge in [-0.15, -0.1) is 0 Å². The molecular weight excluding hydrogens is 333 g/mol. The molecule has 0 saturated carbocycles. The van der Waals surface area contributed by atoms with Crippen LogP contribution in [0, 0.1) is 10.5 Å². The summed E-state index contributed by atoms with van der Waals surface area (Å²) in [6.45, 7) is 1.93. The third-order valence-electron chi connectivity index (χ3n) is 1.49. The van der Waals surface area contributed by atoms with Gasteiger partial charge in [0, 0.05) is 13.6 Å². The number of rotatable bonds is 1. The molecule has 0 atom stereocenters. The van der Waals surface area contributed by atoms with Gasteiger partial charge in [0.15, 0.2) is 0 Å². The zero-order chi connectivity index (χ0) is 9.30. The molecular formula is C8H7BrINO. The van der Waals surface area contributed by atoms with E-state index in [1.165, 1.54) is 0 Å². The maximum absolute atomic E-state index is 10.8. The Hall–Kier alpha value is -0.1000. The lowest BCUT2D eigenvalue weighted by Crippen LogP contribution is -2.11. The fourth-order valence-electron chi connectivity index (χ4n) is 0.869. The summed E-state index contributed by atoms with van der Waals surface area (Å²) < 4.78 is 2.02. The lowest BCUT2D eigenvalue weighted by atomic mass is 10.1. The highest BCUT2D eigenvalue weighted by atomic mass is 127. The van der Waals surface area contributed by atoms with E-state index in [1.54, 1.807) is 12.1 Å². The molecule has 0 saturated heterocycles. The van der Waals surface area contributed by atoms with Crippen LogP contribution in [0.1, 0.15) is 15.9 Å². The Morgan fingerprint density at radius 3 is 2.58 bits per heavy atom. The van der Waals surface area contributed by atoms with E-state index in [9.17, 15) is 4.79 Å². The van der Waals surface area contributed by atoms with Crippen molar-refractivity contribution in [1.82, 2.24) is 0 Å². The first-order valence-corrected chi connectivity index (χ1v) is 5.15. The Balaban J connectivity index is 3.31. The van der Waals surface area contributed by atoms with Crippen molar-refractivity contribution < 1.29 is 4.79 Å². The topological polar surface area (TPSA) is 43.1 Å². The average molecular weight is 340 g/mol. The van der Waals surface area contributed by atoms with E-state index in [2.05, 4.69) is 38.5 Å². The second-order valence-electron chi connectivity index (χ2n) is 2.45. The summed E-state index contributed by atoms with van der Waals surface area (Å²) in [7, 11) is 0. The van der Waals surface area contributed by atoms with Crippen molar-refractivity contribution in [2.24, 2.45) is 5.73 Å². The molecule has 1 amide bonds. The number of halogens is 2. The van der Waals surface area contributed by atoms with E-state index in [1.807, 2.05) is 6.92 Å². The monoisotopic (exact) mass is 339 g/mol. The summed E-state index contributed by atoms with van der Waals surface area (Å²) in [6.07, 6.45) is 0. The van der Waals surface area contributed by atoms with Crippen LogP contribution in [0.3, 0.4) is 0 Å². The van der Waals surface area contributed by atoms with Gasteiger partial charge in [-0.25, -0.2) is 0 Å². The predicted molar refractivity (Wildman–Crippen MR) is 60.1 cm³/mol. The molecule has 0 spiro atoms. The van der Waals surface area contributed by atoms with E-state index >= 15 is 0 Å². The van der Waals surface area contributed by atoms with Crippen molar-refractivity contribution in [1.29, 1.82) is 0 Å². The molecule has 4 heteroatoms. The van der Waals surface area contributed by atoms with Gasteiger partial charge in [-0.05, 0) is 63.1 Å². The minimum absolute atomic E-state index is 0.386. The van der Waals surface area contributed by atoms with Crippen molar-refractivity contribution in [2.45, 2.75) is 6.92 Å². The van der Waals surface area contributed by atoms with Crippen LogP contribution in [0.5, 0.6) is 0 Å². The van der Waals surface area contributed by atoms with E-state index in [4.69, 9.17) is 5.73 Å². The van der Waals surface area contributed by atoms with E-state index in [0.29, 0.717) is 5.56 Å². The van der Waals surface area contributed by atoms with Crippen LogP contribution in [0.15, 0.2) is 16.6 Å². The van der Waals surface area contributed by atoms with Crippen LogP contribution in [0.4, 0.5) is 0 Å². The Labute approximate surface area is 92.8 Å². The van der Waals surface area contributed by atoms with Crippen LogP contribution in [0.25, 0.3) is 0 Å². The molecule has 1 rings (SSSR count). The first-order valence-electron chi connectivity index (χ1n) is 3.28. The molecule has 0 unspecified atom stereocenters. The molecule has 0 aliphatic heterocycles. The SMILES string of the molecule is Cc1cc(C(N)=O)cc(I)c1Br. The Morgan fingerprint density at radius 2 is 2.17 bits per heavy atom. The van der Waals surface area contributed by atoms with Crippen molar-refractivity contribution in [3.05, 3.63) is 31.3 Å². The van der Waals surface area contributed by atoms with Gasteiger partial charge in [0.25, 0.3) is 0 Å². The highest BCUT2D eigenvalue weighted by molar-refractivity contribution is 14.1. The summed E-state index contributed by atoms with van der Waals surface area (Å²) in [5.41, 5.74) is 6.72. The largest absolute Gasteiger partial charge is 0.366 e. The average Bonchev–Trinajstić information content (AvgIpc) is 1.99. The lowest BCUT2D eigenvalue weighted by Gasteiger charge is -2.03. The highest BCUT2D eigenvalue weighted by Gasteiger charge is 2.06. The number of nitrogens with two attached hydrogens (primary N) is 1. The molecule has 0 bridgehead atoms. The van der Waals surface area contributed by atoms with E-state index < -0.39 is 0 Å². The molecule has 2 nitrogen and oxygen atoms in total. The van der Waals surface area contributed by atoms with Crippen molar-refractivity contribution in [2.75, 3.05) is 0 Å². The van der Waals surface area contributed by atoms with E-state index in [0.717, 1.165) is 13.6 Å². The Kier molecular flexibility index (Phi) is 3.11. The molecule has 2 N–H and O–H groups in total. The first kappa shape index (κ1) is 9.98. The van der Waals surface area contributed by atoms with Gasteiger partial charge >= 0.3 is 0 Å². The third kappa shape index (κ3) is 1.98. The minimum Gasteiger partial charge on any atom is -0.366 e. The number of aryl methyl sites for hydroxylation is 1. The molecule has 0 aliphatic carbocycles. The van der Waals surface area contributed by atoms with Gasteiger partial charge < -0.3 is 5.73 Å². The second-order valence-corrected chi connectivity index (χ2v) is 4.41. The number of hydrogen-bond donors (Lipinski definition) is 1. The van der Waals surface area contributed by atoms with Crippen molar-refractivity contribution in [3.8, 4) is 0 Å². The zero-order valence-electron chi connectivity index (χ0n) is 6.40. The molecule has 64 valence electrons. The molecule has 0 heterocycles. The maximum Gasteiger partial charge on any atom is 0.248 e. The Bertz CT molecular complexity index is 315. The lowest BCUT2D eigenvalue weighted by molar-refractivity contribution is 0.1000. The molecule has 12 heavy (non-hydrogen) atoms. The van der Waals surface area contributed by atoms with Crippen LogP contribution < -0.4 is 5.73 Å². The normalized spacial score (nSPS) is 9.92. The summed E-state index contributed by atoms with van der Waals surface area (Å²) >= 11 is 5.56. The van der Waals surface area contributed by atoms with Crippen LogP contribution in [-0.2, 0) is 0 Å². The van der Waals surface area contributed by atoms with Crippen LogP contribution in [-0.4, -0.2) is 5.91 Å². The number of hydrogen-bond acceptors (Lipinski definition) is 1. The van der Waals surface area contributed by atoms with Crippen molar-refractivity contribution in [3.63, 3.8) is 0 Å². The van der Waals surface area contributed by atoms with E-state index in [-0.39, 0.29) is 5.91 Å². The molecule has 1 aromatic carbocycles. The molecule has 0 radical (unpaired) electrons. The highest BCUT2D eigenvalue weighted by Crippen LogP contribution is 2.24. The fraction of sp³-hybridized carbons (Fsp3) is 0.125. The van der Waals surface area contributed by atoms with Crippen LogP contribution >= 0.6 is 38.5 Å². The van der Waals surface area contributed by atoms with Gasteiger partial charge in [0.2, 0.25) is 5.91 Å². The van der Waals surface area contributed by atoms with Crippen molar-refractivity contribution >= 4 is 44.4 Å². The molecule has 1 aromatic rings. The third-order valence-corrected chi connectivity index (χ3v) is 4.14. The quantitative estimate of drug-likeness (QED) is 0.785. The molecule has 0 fully saturated rings. The maximum atomic E-state index is 10.8. The fourth-order valence-corrected chi connectivity index (χ4v) is 1.86. The number of benzene rings is 1. The zero-order valence-corrected chi connectivity index (χ0v) is 10.1. The smallest absolute Gasteiger partial charge is 0.248 e. The Morgan fingerprint density at radius 1 is 1.58 bits per heavy atom.